The average molecular weight is 437 g/mol. The third kappa shape index (κ3) is 3.07. The van der Waals surface area contributed by atoms with Crippen molar-refractivity contribution in [1.29, 1.82) is 0 Å². The second kappa shape index (κ2) is 7.50. The zero-order valence-corrected chi connectivity index (χ0v) is 18.4. The monoisotopic (exact) mass is 436 g/mol. The lowest BCUT2D eigenvalue weighted by atomic mass is 10.1. The van der Waals surface area contributed by atoms with E-state index in [1.54, 1.807) is 0 Å². The Kier molecular flexibility index (Phi) is 4.47. The largest absolute Gasteiger partial charge is 0.340 e. The van der Waals surface area contributed by atoms with Crippen LogP contribution >= 0.6 is 11.6 Å². The van der Waals surface area contributed by atoms with Gasteiger partial charge in [0.25, 0.3) is 0 Å². The van der Waals surface area contributed by atoms with E-state index in [0.717, 1.165) is 40.9 Å². The number of aromatic nitrogens is 3. The Morgan fingerprint density at radius 3 is 2.44 bits per heavy atom. The molecule has 0 spiro atoms. The molecule has 6 rings (SSSR count). The Bertz CT molecular complexity index is 1440. The number of pyridine rings is 1. The maximum atomic E-state index is 6.18. The van der Waals surface area contributed by atoms with Gasteiger partial charge in [-0.25, -0.2) is 9.67 Å². The van der Waals surface area contributed by atoms with Gasteiger partial charge in [0.15, 0.2) is 5.65 Å². The molecule has 0 aliphatic carbocycles. The Morgan fingerprint density at radius 2 is 1.66 bits per heavy atom. The number of hydrogen-bond acceptors (Lipinski definition) is 3. The van der Waals surface area contributed by atoms with Crippen LogP contribution in [0.3, 0.4) is 0 Å². The van der Waals surface area contributed by atoms with Crippen LogP contribution < -0.4 is 4.90 Å². The molecule has 0 N–H and O–H groups in total. The van der Waals surface area contributed by atoms with Gasteiger partial charge in [0.2, 0.25) is 0 Å². The maximum absolute atomic E-state index is 6.18. The Morgan fingerprint density at radius 1 is 0.875 bits per heavy atom. The van der Waals surface area contributed by atoms with Crippen LogP contribution in [0.4, 0.5) is 11.4 Å². The molecule has 4 nitrogen and oxygen atoms in total. The third-order valence-corrected chi connectivity index (χ3v) is 6.30. The van der Waals surface area contributed by atoms with Crippen LogP contribution in [0, 0.1) is 6.92 Å². The van der Waals surface area contributed by atoms with E-state index in [4.69, 9.17) is 21.7 Å². The first kappa shape index (κ1) is 19.1. The molecule has 1 aliphatic rings. The van der Waals surface area contributed by atoms with Crippen molar-refractivity contribution in [3.63, 3.8) is 0 Å². The molecule has 32 heavy (non-hydrogen) atoms. The molecule has 0 saturated heterocycles. The summed E-state index contributed by atoms with van der Waals surface area (Å²) in [5.41, 5.74) is 8.70. The number of nitrogens with zero attached hydrogens (tertiary/aromatic N) is 4. The highest BCUT2D eigenvalue weighted by atomic mass is 35.5. The number of para-hydroxylation sites is 1. The minimum atomic E-state index is 0.713. The summed E-state index contributed by atoms with van der Waals surface area (Å²) in [4.78, 5) is 7.29. The van der Waals surface area contributed by atoms with Gasteiger partial charge in [-0.05, 0) is 60.9 Å². The smallest absolute Gasteiger partial charge is 0.165 e. The molecule has 0 unspecified atom stereocenters. The summed E-state index contributed by atoms with van der Waals surface area (Å²) in [7, 11) is 0. The van der Waals surface area contributed by atoms with E-state index in [2.05, 4.69) is 48.2 Å². The summed E-state index contributed by atoms with van der Waals surface area (Å²) in [5, 5.41) is 6.86. The van der Waals surface area contributed by atoms with Crippen LogP contribution in [0.25, 0.3) is 28.0 Å². The fourth-order valence-corrected chi connectivity index (χ4v) is 4.68. The molecule has 0 radical (unpaired) electrons. The van der Waals surface area contributed by atoms with Crippen molar-refractivity contribution in [3.05, 3.63) is 101 Å². The third-order valence-electron chi connectivity index (χ3n) is 6.05. The fraction of sp³-hybridized carbons (Fsp3) is 0.111. The molecule has 0 atom stereocenters. The van der Waals surface area contributed by atoms with Crippen LogP contribution in [-0.4, -0.2) is 21.3 Å². The zero-order chi connectivity index (χ0) is 21.7. The van der Waals surface area contributed by atoms with E-state index >= 15 is 0 Å². The lowest BCUT2D eigenvalue weighted by Gasteiger charge is -2.21. The second-order valence-corrected chi connectivity index (χ2v) is 8.61. The summed E-state index contributed by atoms with van der Waals surface area (Å²) in [6.07, 6.45) is 2.98. The number of hydrogen-bond donors (Lipinski definition) is 0. The molecule has 1 aliphatic heterocycles. The summed E-state index contributed by atoms with van der Waals surface area (Å²) in [5.74, 6) is 0. The van der Waals surface area contributed by atoms with Gasteiger partial charge < -0.3 is 4.90 Å². The van der Waals surface area contributed by atoms with Crippen LogP contribution in [0.15, 0.2) is 85.1 Å². The molecule has 3 aromatic carbocycles. The van der Waals surface area contributed by atoms with E-state index in [1.807, 2.05) is 53.3 Å². The van der Waals surface area contributed by atoms with Crippen LogP contribution in [-0.2, 0) is 6.42 Å². The quantitative estimate of drug-likeness (QED) is 0.314. The number of fused-ring (bicyclic) bond motifs is 3. The Balaban J connectivity index is 1.66. The van der Waals surface area contributed by atoms with Gasteiger partial charge in [-0.3, -0.25) is 0 Å². The zero-order valence-electron chi connectivity index (χ0n) is 17.7. The molecule has 0 bridgehead atoms. The molecule has 2 aromatic heterocycles. The predicted octanol–water partition coefficient (Wildman–Crippen LogP) is 6.74. The lowest BCUT2D eigenvalue weighted by molar-refractivity contribution is 0.900. The SMILES string of the molecule is Cc1cccc(N2CCc3cnc4c(c(-c5ccc(Cl)cc5)nn4-c4ccccc4)c32)c1. The average Bonchev–Trinajstić information content (AvgIpc) is 3.42. The Labute approximate surface area is 191 Å². The Hall–Kier alpha value is -3.63. The molecule has 0 fully saturated rings. The fourth-order valence-electron chi connectivity index (χ4n) is 4.56. The molecule has 156 valence electrons. The highest BCUT2D eigenvalue weighted by Crippen LogP contribution is 2.44. The summed E-state index contributed by atoms with van der Waals surface area (Å²) < 4.78 is 1.95. The van der Waals surface area contributed by atoms with Gasteiger partial charge in [-0.1, -0.05) is 54.1 Å². The van der Waals surface area contributed by atoms with Crippen molar-refractivity contribution in [1.82, 2.24) is 14.8 Å². The van der Waals surface area contributed by atoms with Crippen LogP contribution in [0.5, 0.6) is 0 Å². The van der Waals surface area contributed by atoms with Crippen molar-refractivity contribution in [2.45, 2.75) is 13.3 Å². The minimum Gasteiger partial charge on any atom is -0.340 e. The van der Waals surface area contributed by atoms with Gasteiger partial charge >= 0.3 is 0 Å². The molecule has 5 heteroatoms. The van der Waals surface area contributed by atoms with Crippen LogP contribution in [0.2, 0.25) is 5.02 Å². The first-order valence-corrected chi connectivity index (χ1v) is 11.1. The number of benzene rings is 3. The van der Waals surface area contributed by atoms with Crippen molar-refractivity contribution in [3.8, 4) is 16.9 Å². The van der Waals surface area contributed by atoms with Gasteiger partial charge in [0.1, 0.15) is 5.69 Å². The summed E-state index contributed by atoms with van der Waals surface area (Å²) in [6.45, 7) is 3.06. The lowest BCUT2D eigenvalue weighted by Crippen LogP contribution is -2.13. The molecular formula is C27H21ClN4. The number of aryl methyl sites for hydroxylation is 1. The molecule has 3 heterocycles. The van der Waals surface area contributed by atoms with E-state index in [0.29, 0.717) is 5.02 Å². The van der Waals surface area contributed by atoms with Crippen molar-refractivity contribution < 1.29 is 0 Å². The van der Waals surface area contributed by atoms with E-state index in [9.17, 15) is 0 Å². The predicted molar refractivity (Wildman–Crippen MR) is 131 cm³/mol. The summed E-state index contributed by atoms with van der Waals surface area (Å²) in [6, 6.07) is 26.8. The van der Waals surface area contributed by atoms with Crippen LogP contribution in [0.1, 0.15) is 11.1 Å². The van der Waals surface area contributed by atoms with Gasteiger partial charge in [-0.2, -0.15) is 5.10 Å². The van der Waals surface area contributed by atoms with Gasteiger partial charge in [-0.15, -0.1) is 0 Å². The van der Waals surface area contributed by atoms with Crippen molar-refractivity contribution in [2.75, 3.05) is 11.4 Å². The van der Waals surface area contributed by atoms with Crippen molar-refractivity contribution >= 4 is 34.0 Å². The van der Waals surface area contributed by atoms with Crippen molar-refractivity contribution in [2.24, 2.45) is 0 Å². The number of halogens is 1. The highest BCUT2D eigenvalue weighted by Gasteiger charge is 2.28. The van der Waals surface area contributed by atoms with E-state index in [1.165, 1.54) is 22.5 Å². The first-order chi connectivity index (χ1) is 15.7. The first-order valence-electron chi connectivity index (χ1n) is 10.8. The topological polar surface area (TPSA) is 34.0 Å². The van der Waals surface area contributed by atoms with Gasteiger partial charge in [0.05, 0.1) is 16.8 Å². The van der Waals surface area contributed by atoms with E-state index in [-0.39, 0.29) is 0 Å². The maximum Gasteiger partial charge on any atom is 0.165 e. The molecular weight excluding hydrogens is 416 g/mol. The van der Waals surface area contributed by atoms with Gasteiger partial charge in [0, 0.05) is 29.0 Å². The standard InChI is InChI=1S/C27H21ClN4/c1-18-6-5-9-23(16-18)31-15-14-20-17-29-27-24(26(20)31)25(19-10-12-21(28)13-11-19)30-32(27)22-7-3-2-4-8-22/h2-13,16-17H,14-15H2,1H3. The number of anilines is 2. The molecule has 5 aromatic rings. The normalized spacial score (nSPS) is 13.0. The highest BCUT2D eigenvalue weighted by molar-refractivity contribution is 6.30. The molecule has 0 saturated carbocycles. The number of rotatable bonds is 3. The van der Waals surface area contributed by atoms with E-state index < -0.39 is 0 Å². The second-order valence-electron chi connectivity index (χ2n) is 8.17. The summed E-state index contributed by atoms with van der Waals surface area (Å²) >= 11 is 6.18. The minimum absolute atomic E-state index is 0.713. The molecule has 0 amide bonds.